The van der Waals surface area contributed by atoms with E-state index in [4.69, 9.17) is 6.48 Å². The minimum atomic E-state index is -0.957. The number of carbonyl (C=O) groups excluding carboxylic acids is 1. The summed E-state index contributed by atoms with van der Waals surface area (Å²) in [5.41, 5.74) is 0. The van der Waals surface area contributed by atoms with Crippen molar-refractivity contribution in [1.82, 2.24) is 4.90 Å². The van der Waals surface area contributed by atoms with Gasteiger partial charge in [0.1, 0.15) is 6.04 Å². The molecule has 0 bridgehead atoms. The molecule has 12 heavy (non-hydrogen) atoms. The molecule has 0 radical (unpaired) electrons. The molecule has 1 unspecified atom stereocenters. The van der Waals surface area contributed by atoms with Crippen LogP contribution in [0, 0.1) is 0 Å². The van der Waals surface area contributed by atoms with E-state index in [0.717, 1.165) is 12.8 Å². The van der Waals surface area contributed by atoms with Gasteiger partial charge in [-0.2, -0.15) is 0 Å². The molecule has 1 amide bonds. The van der Waals surface area contributed by atoms with Crippen LogP contribution in [-0.4, -0.2) is 34.5 Å². The Morgan fingerprint density at radius 2 is 2.33 bits per heavy atom. The molecule has 0 aromatic rings. The van der Waals surface area contributed by atoms with Crippen LogP contribution in [0.4, 0.5) is 0 Å². The summed E-state index contributed by atoms with van der Waals surface area (Å²) in [4.78, 5) is 23.2. The molecule has 1 aliphatic heterocycles. The van der Waals surface area contributed by atoms with Gasteiger partial charge in [-0.1, -0.05) is 0 Å². The van der Waals surface area contributed by atoms with Crippen LogP contribution in [-0.2, 0) is 9.59 Å². The Morgan fingerprint density at radius 1 is 1.58 bits per heavy atom. The molecule has 1 fully saturated rings. The fourth-order valence-corrected chi connectivity index (χ4v) is 1.49. The van der Waals surface area contributed by atoms with Crippen LogP contribution in [0.3, 0.4) is 0 Å². The fraction of sp³-hybridized carbons (Fsp3) is 0.750. The smallest absolute Gasteiger partial charge is 0.326 e. The van der Waals surface area contributed by atoms with Crippen LogP contribution < -0.4 is 0 Å². The van der Waals surface area contributed by atoms with Gasteiger partial charge in [-0.15, -0.1) is 0 Å². The van der Waals surface area contributed by atoms with Crippen LogP contribution in [0.5, 0.6) is 0 Å². The SMILES string of the molecule is [2H]CC(=O)N1CCCCC1C(=O)O. The molecule has 1 rings (SSSR count). The van der Waals surface area contributed by atoms with E-state index in [1.165, 1.54) is 4.90 Å². The second kappa shape index (κ2) is 3.56. The average molecular weight is 172 g/mol. The highest BCUT2D eigenvalue weighted by Gasteiger charge is 2.29. The first-order valence-electron chi connectivity index (χ1n) is 4.69. The highest BCUT2D eigenvalue weighted by Crippen LogP contribution is 2.16. The highest BCUT2D eigenvalue weighted by molar-refractivity contribution is 5.82. The lowest BCUT2D eigenvalue weighted by molar-refractivity contribution is -0.151. The van der Waals surface area contributed by atoms with Gasteiger partial charge >= 0.3 is 5.97 Å². The van der Waals surface area contributed by atoms with E-state index in [-0.39, 0.29) is 12.8 Å². The van der Waals surface area contributed by atoms with Gasteiger partial charge in [-0.25, -0.2) is 4.79 Å². The number of aliphatic carboxylic acids is 1. The Bertz CT molecular complexity index is 219. The topological polar surface area (TPSA) is 57.6 Å². The van der Waals surface area contributed by atoms with Crippen molar-refractivity contribution >= 4 is 11.9 Å². The monoisotopic (exact) mass is 172 g/mol. The number of piperidine rings is 1. The maximum absolute atomic E-state index is 11.2. The second-order valence-corrected chi connectivity index (χ2v) is 2.94. The van der Waals surface area contributed by atoms with Crippen LogP contribution in [0.2, 0.25) is 0 Å². The largest absolute Gasteiger partial charge is 0.480 e. The molecule has 68 valence electrons. The third-order valence-corrected chi connectivity index (χ3v) is 2.11. The highest BCUT2D eigenvalue weighted by atomic mass is 16.4. The summed E-state index contributed by atoms with van der Waals surface area (Å²) in [5, 5.41) is 8.80. The van der Waals surface area contributed by atoms with E-state index in [1.807, 2.05) is 0 Å². The number of rotatable bonds is 1. The summed E-state index contributed by atoms with van der Waals surface area (Å²) in [5.74, 6) is -1.34. The van der Waals surface area contributed by atoms with E-state index in [9.17, 15) is 9.59 Å². The average Bonchev–Trinajstić information content (AvgIpc) is 2.16. The Kier molecular flexibility index (Phi) is 2.25. The molecule has 0 aromatic heterocycles. The summed E-state index contributed by atoms with van der Waals surface area (Å²) < 4.78 is 6.89. The lowest BCUT2D eigenvalue weighted by Crippen LogP contribution is -2.46. The number of carbonyl (C=O) groups is 2. The standard InChI is InChI=1S/C8H13NO3/c1-6(10)9-5-3-2-4-7(9)8(11)12/h7H,2-5H2,1H3,(H,11,12)/i1D. The van der Waals surface area contributed by atoms with Gasteiger partial charge in [-0.05, 0) is 19.3 Å². The Balaban J connectivity index is 2.67. The number of likely N-dealkylation sites (tertiary alicyclic amines) is 1. The predicted molar refractivity (Wildman–Crippen MR) is 42.7 cm³/mol. The Labute approximate surface area is 72.6 Å². The number of carboxylic acid groups (broad SMARTS) is 1. The van der Waals surface area contributed by atoms with Crippen molar-refractivity contribution in [3.8, 4) is 0 Å². The summed E-state index contributed by atoms with van der Waals surface area (Å²) in [6.45, 7) is 0.123. The molecule has 0 aliphatic carbocycles. The first-order valence-corrected chi connectivity index (χ1v) is 3.98. The molecule has 1 saturated heterocycles. The molecule has 1 aliphatic rings. The van der Waals surface area contributed by atoms with Crippen molar-refractivity contribution in [3.63, 3.8) is 0 Å². The molecule has 1 atom stereocenters. The minimum absolute atomic E-state index is 0.357. The first kappa shape index (κ1) is 7.58. The fourth-order valence-electron chi connectivity index (χ4n) is 1.49. The van der Waals surface area contributed by atoms with Gasteiger partial charge < -0.3 is 10.0 Å². The van der Waals surface area contributed by atoms with Gasteiger partial charge in [0.15, 0.2) is 0 Å². The molecule has 4 nitrogen and oxygen atoms in total. The third-order valence-electron chi connectivity index (χ3n) is 2.11. The van der Waals surface area contributed by atoms with Crippen molar-refractivity contribution in [2.75, 3.05) is 6.54 Å². The van der Waals surface area contributed by atoms with Gasteiger partial charge in [0.2, 0.25) is 5.91 Å². The van der Waals surface area contributed by atoms with E-state index >= 15 is 0 Å². The van der Waals surface area contributed by atoms with E-state index in [2.05, 4.69) is 0 Å². The third kappa shape index (κ3) is 1.75. The normalized spacial score (nSPS) is 24.8. The van der Waals surface area contributed by atoms with Crippen LogP contribution in [0.25, 0.3) is 0 Å². The Morgan fingerprint density at radius 3 is 2.92 bits per heavy atom. The summed E-state index contributed by atoms with van der Waals surface area (Å²) in [6, 6.07) is -0.702. The number of amides is 1. The van der Waals surface area contributed by atoms with Crippen LogP contribution in [0.1, 0.15) is 27.5 Å². The summed E-state index contributed by atoms with van der Waals surface area (Å²) in [7, 11) is 0. The predicted octanol–water partition coefficient (Wildman–Crippen LogP) is 0.472. The number of nitrogens with zero attached hydrogens (tertiary/aromatic N) is 1. The molecular weight excluding hydrogens is 158 g/mol. The molecular formula is C8H13NO3. The quantitative estimate of drug-likeness (QED) is 0.625. The summed E-state index contributed by atoms with van der Waals surface area (Å²) in [6.07, 6.45) is 2.20. The number of hydrogen-bond donors (Lipinski definition) is 1. The molecule has 0 aromatic carbocycles. The van der Waals surface area contributed by atoms with Crippen molar-refractivity contribution in [2.24, 2.45) is 0 Å². The maximum atomic E-state index is 11.2. The van der Waals surface area contributed by atoms with Crippen LogP contribution in [0.15, 0.2) is 0 Å². The second-order valence-electron chi connectivity index (χ2n) is 2.94. The lowest BCUT2D eigenvalue weighted by atomic mass is 10.0. The van der Waals surface area contributed by atoms with Gasteiger partial charge in [0.25, 0.3) is 0 Å². The number of carboxylic acids is 1. The number of hydrogen-bond acceptors (Lipinski definition) is 2. The van der Waals surface area contributed by atoms with Crippen LogP contribution >= 0.6 is 0 Å². The zero-order valence-corrected chi connectivity index (χ0v) is 6.82. The van der Waals surface area contributed by atoms with Gasteiger partial charge in [0.05, 0.1) is 0 Å². The molecule has 1 heterocycles. The molecule has 4 heteroatoms. The zero-order chi connectivity index (χ0) is 9.84. The van der Waals surface area contributed by atoms with Crippen molar-refractivity contribution < 1.29 is 16.1 Å². The van der Waals surface area contributed by atoms with Gasteiger partial charge in [-0.3, -0.25) is 4.79 Å². The van der Waals surface area contributed by atoms with Crippen molar-refractivity contribution in [2.45, 2.75) is 32.2 Å². The first-order chi connectivity index (χ1) is 6.16. The van der Waals surface area contributed by atoms with E-state index in [0.29, 0.717) is 13.0 Å². The molecule has 0 saturated carbocycles. The minimum Gasteiger partial charge on any atom is -0.480 e. The summed E-state index contributed by atoms with van der Waals surface area (Å²) >= 11 is 0. The van der Waals surface area contributed by atoms with E-state index < -0.39 is 12.0 Å². The Hall–Kier alpha value is -1.06. The molecule has 1 N–H and O–H groups in total. The van der Waals surface area contributed by atoms with E-state index in [1.54, 1.807) is 0 Å². The maximum Gasteiger partial charge on any atom is 0.326 e. The molecule has 0 spiro atoms. The van der Waals surface area contributed by atoms with Crippen molar-refractivity contribution in [3.05, 3.63) is 0 Å². The lowest BCUT2D eigenvalue weighted by Gasteiger charge is -2.31. The van der Waals surface area contributed by atoms with Gasteiger partial charge in [0, 0.05) is 14.8 Å². The zero-order valence-electron chi connectivity index (χ0n) is 7.82. The van der Waals surface area contributed by atoms with Crippen molar-refractivity contribution in [1.29, 1.82) is 0 Å².